The van der Waals surface area contributed by atoms with E-state index in [9.17, 15) is 4.39 Å². The first kappa shape index (κ1) is 17.4. The second kappa shape index (κ2) is 7.32. The predicted molar refractivity (Wildman–Crippen MR) is 102 cm³/mol. The van der Waals surface area contributed by atoms with Gasteiger partial charge in [-0.1, -0.05) is 41.6 Å². The Morgan fingerprint density at radius 1 is 1.07 bits per heavy atom. The van der Waals surface area contributed by atoms with Crippen molar-refractivity contribution in [2.24, 2.45) is 0 Å². The Labute approximate surface area is 156 Å². The minimum Gasteiger partial charge on any atom is -0.357 e. The predicted octanol–water partition coefficient (Wildman–Crippen LogP) is 4.22. The van der Waals surface area contributed by atoms with Crippen LogP contribution >= 0.6 is 0 Å². The van der Waals surface area contributed by atoms with Gasteiger partial charge >= 0.3 is 0 Å². The third-order valence-electron chi connectivity index (χ3n) is 4.72. The number of nitrogens with one attached hydrogen (secondary N) is 1. The van der Waals surface area contributed by atoms with Crippen LogP contribution in [0.2, 0.25) is 0 Å². The van der Waals surface area contributed by atoms with E-state index in [4.69, 9.17) is 4.52 Å². The first-order chi connectivity index (χ1) is 13.1. The van der Waals surface area contributed by atoms with Gasteiger partial charge in [0.15, 0.2) is 5.82 Å². The average Bonchev–Trinajstić information content (AvgIpc) is 3.22. The van der Waals surface area contributed by atoms with Gasteiger partial charge in [0.2, 0.25) is 5.89 Å². The topological polar surface area (TPSA) is 58.0 Å². The summed E-state index contributed by atoms with van der Waals surface area (Å²) in [6.07, 6.45) is 0.320. The zero-order valence-corrected chi connectivity index (χ0v) is 15.4. The largest absolute Gasteiger partial charge is 0.357 e. The van der Waals surface area contributed by atoms with Gasteiger partial charge in [-0.15, -0.1) is 0 Å². The molecule has 5 nitrogen and oxygen atoms in total. The quantitative estimate of drug-likeness (QED) is 0.556. The number of benzene rings is 2. The molecule has 0 aliphatic rings. The summed E-state index contributed by atoms with van der Waals surface area (Å²) in [6, 6.07) is 14.9. The maximum absolute atomic E-state index is 13.8. The minimum atomic E-state index is -0.254. The molecule has 0 amide bonds. The number of fused-ring (bicyclic) bond motifs is 1. The van der Waals surface area contributed by atoms with Crippen molar-refractivity contribution in [1.29, 1.82) is 0 Å². The van der Waals surface area contributed by atoms with Crippen LogP contribution in [-0.2, 0) is 19.5 Å². The van der Waals surface area contributed by atoms with Gasteiger partial charge in [-0.2, -0.15) is 4.98 Å². The molecule has 138 valence electrons. The van der Waals surface area contributed by atoms with Crippen LogP contribution < -0.4 is 0 Å². The highest BCUT2D eigenvalue weighted by molar-refractivity contribution is 5.84. The fourth-order valence-corrected chi connectivity index (χ4v) is 3.29. The average molecular weight is 364 g/mol. The maximum Gasteiger partial charge on any atom is 0.240 e. The first-order valence-electron chi connectivity index (χ1n) is 8.90. The molecule has 0 fully saturated rings. The number of rotatable bonds is 6. The van der Waals surface area contributed by atoms with Crippen molar-refractivity contribution < 1.29 is 8.91 Å². The summed E-state index contributed by atoms with van der Waals surface area (Å²) in [5.74, 6) is 0.762. The molecule has 2 heterocycles. The van der Waals surface area contributed by atoms with E-state index in [1.54, 1.807) is 18.2 Å². The number of hydrogen-bond acceptors (Lipinski definition) is 4. The second-order valence-corrected chi connectivity index (χ2v) is 6.82. The van der Waals surface area contributed by atoms with Crippen LogP contribution in [0.5, 0.6) is 0 Å². The Hall–Kier alpha value is -2.99. The normalized spacial score (nSPS) is 11.6. The molecule has 2 aromatic heterocycles. The van der Waals surface area contributed by atoms with Crippen molar-refractivity contribution in [3.05, 3.63) is 82.9 Å². The lowest BCUT2D eigenvalue weighted by Crippen LogP contribution is -2.18. The zero-order chi connectivity index (χ0) is 18.8. The Balaban J connectivity index is 1.42. The molecule has 0 aliphatic heterocycles. The Kier molecular flexibility index (Phi) is 4.73. The van der Waals surface area contributed by atoms with Gasteiger partial charge in [0.05, 0.1) is 6.54 Å². The molecule has 0 radical (unpaired) electrons. The molecule has 0 unspecified atom stereocenters. The molecule has 0 saturated heterocycles. The Morgan fingerprint density at radius 2 is 1.85 bits per heavy atom. The molecule has 27 heavy (non-hydrogen) atoms. The maximum atomic E-state index is 13.8. The standard InChI is InChI=1S/C21H21FN4O/c1-14-16-8-4-6-10-18(16)23-19(14)12-26(2)13-21-24-20(25-27-21)11-15-7-3-5-9-17(15)22/h3-10,23H,11-13H2,1-2H3. The SMILES string of the molecule is Cc1c(CN(C)Cc2nc(Cc3ccccc3F)no2)[nH]c2ccccc12. The van der Waals surface area contributed by atoms with Gasteiger partial charge in [-0.05, 0) is 37.2 Å². The number of aryl methyl sites for hydroxylation is 1. The van der Waals surface area contributed by atoms with Gasteiger partial charge in [0.1, 0.15) is 5.82 Å². The smallest absolute Gasteiger partial charge is 0.240 e. The molecule has 2 aromatic carbocycles. The minimum absolute atomic E-state index is 0.254. The van der Waals surface area contributed by atoms with Crippen molar-refractivity contribution >= 4 is 10.9 Å². The summed E-state index contributed by atoms with van der Waals surface area (Å²) in [7, 11) is 2.01. The lowest BCUT2D eigenvalue weighted by Gasteiger charge is -2.13. The van der Waals surface area contributed by atoms with Gasteiger partial charge in [0, 0.05) is 29.6 Å². The molecule has 0 saturated carbocycles. The van der Waals surface area contributed by atoms with Crippen molar-refractivity contribution in [1.82, 2.24) is 20.0 Å². The van der Waals surface area contributed by atoms with E-state index < -0.39 is 0 Å². The van der Waals surface area contributed by atoms with Crippen molar-refractivity contribution in [2.45, 2.75) is 26.4 Å². The first-order valence-corrected chi connectivity index (χ1v) is 8.90. The summed E-state index contributed by atoms with van der Waals surface area (Å²) >= 11 is 0. The number of halogens is 1. The third kappa shape index (κ3) is 3.75. The van der Waals surface area contributed by atoms with Crippen molar-refractivity contribution in [3.63, 3.8) is 0 Å². The van der Waals surface area contributed by atoms with Gasteiger partial charge in [0.25, 0.3) is 0 Å². The molecule has 6 heteroatoms. The zero-order valence-electron chi connectivity index (χ0n) is 15.4. The van der Waals surface area contributed by atoms with E-state index in [0.29, 0.717) is 30.2 Å². The molecule has 4 rings (SSSR count). The number of hydrogen-bond donors (Lipinski definition) is 1. The van der Waals surface area contributed by atoms with Crippen LogP contribution in [-0.4, -0.2) is 27.1 Å². The van der Waals surface area contributed by atoms with E-state index in [0.717, 1.165) is 12.1 Å². The van der Waals surface area contributed by atoms with Crippen molar-refractivity contribution in [3.8, 4) is 0 Å². The number of para-hydroxylation sites is 1. The monoisotopic (exact) mass is 364 g/mol. The summed E-state index contributed by atoms with van der Waals surface area (Å²) < 4.78 is 19.1. The fraction of sp³-hybridized carbons (Fsp3) is 0.238. The highest BCUT2D eigenvalue weighted by Crippen LogP contribution is 2.22. The summed E-state index contributed by atoms with van der Waals surface area (Å²) in [6.45, 7) is 3.39. The number of nitrogens with zero attached hydrogens (tertiary/aromatic N) is 3. The highest BCUT2D eigenvalue weighted by atomic mass is 19.1. The van der Waals surface area contributed by atoms with Crippen LogP contribution in [0, 0.1) is 12.7 Å². The van der Waals surface area contributed by atoms with E-state index in [1.165, 1.54) is 22.7 Å². The second-order valence-electron chi connectivity index (χ2n) is 6.82. The molecule has 1 N–H and O–H groups in total. The van der Waals surface area contributed by atoms with Crippen LogP contribution in [0.3, 0.4) is 0 Å². The molecule has 0 aliphatic carbocycles. The molecular weight excluding hydrogens is 343 g/mol. The Bertz CT molecular complexity index is 1070. The molecule has 0 spiro atoms. The van der Waals surface area contributed by atoms with Crippen molar-refractivity contribution in [2.75, 3.05) is 7.05 Å². The van der Waals surface area contributed by atoms with Gasteiger partial charge in [-0.3, -0.25) is 4.90 Å². The van der Waals surface area contributed by atoms with E-state index in [2.05, 4.69) is 39.1 Å². The summed E-state index contributed by atoms with van der Waals surface area (Å²) in [5, 5.41) is 5.22. The van der Waals surface area contributed by atoms with E-state index in [-0.39, 0.29) is 5.82 Å². The van der Waals surface area contributed by atoms with Crippen LogP contribution in [0.4, 0.5) is 4.39 Å². The molecule has 4 aromatic rings. The number of aromatic amines is 1. The molecule has 0 atom stereocenters. The van der Waals surface area contributed by atoms with E-state index in [1.807, 2.05) is 19.2 Å². The number of aromatic nitrogens is 3. The van der Waals surface area contributed by atoms with Crippen LogP contribution in [0.25, 0.3) is 10.9 Å². The molecular formula is C21H21FN4O. The van der Waals surface area contributed by atoms with Crippen LogP contribution in [0.15, 0.2) is 53.1 Å². The van der Waals surface area contributed by atoms with Gasteiger partial charge < -0.3 is 9.51 Å². The van der Waals surface area contributed by atoms with Gasteiger partial charge in [-0.25, -0.2) is 4.39 Å². The lowest BCUT2D eigenvalue weighted by molar-refractivity contribution is 0.258. The Morgan fingerprint density at radius 3 is 2.67 bits per heavy atom. The fourth-order valence-electron chi connectivity index (χ4n) is 3.29. The number of H-pyrrole nitrogens is 1. The third-order valence-corrected chi connectivity index (χ3v) is 4.72. The molecule has 0 bridgehead atoms. The van der Waals surface area contributed by atoms with Crippen LogP contribution in [0.1, 0.15) is 28.5 Å². The highest BCUT2D eigenvalue weighted by Gasteiger charge is 2.14. The van der Waals surface area contributed by atoms with E-state index >= 15 is 0 Å². The summed E-state index contributed by atoms with van der Waals surface area (Å²) in [5.41, 5.74) is 4.13. The lowest BCUT2D eigenvalue weighted by atomic mass is 10.1. The summed E-state index contributed by atoms with van der Waals surface area (Å²) in [4.78, 5) is 9.98.